The third kappa shape index (κ3) is 5.88. The van der Waals surface area contributed by atoms with Gasteiger partial charge in [0.15, 0.2) is 17.5 Å². The lowest BCUT2D eigenvalue weighted by Crippen LogP contribution is -2.00. The fourth-order valence-corrected chi connectivity index (χ4v) is 6.24. The zero-order valence-electron chi connectivity index (χ0n) is 26.8. The third-order valence-corrected chi connectivity index (χ3v) is 8.68. The standard InChI is InChI=1S/C44H32N4/c1-29-9-3-11-33(25-29)35-13-5-15-37(27-35)43-46-42(32-22-20-31(21-23-32)39-17-7-19-41-40(39)18-8-24-45-41)47-44(48-43)38-16-6-14-36(28-38)34-12-4-10-30(2)26-34/h3-28H,1-2H3. The van der Waals surface area contributed by atoms with Crippen molar-refractivity contribution in [1.29, 1.82) is 0 Å². The van der Waals surface area contributed by atoms with Crippen molar-refractivity contribution >= 4 is 10.9 Å². The maximum atomic E-state index is 5.07. The SMILES string of the molecule is Cc1cccc(-c2cccc(-c3nc(-c4ccc(-c5cccc6ncccc56)cc4)nc(-c4cccc(-c5cccc(C)c5)c4)n3)c2)c1. The van der Waals surface area contributed by atoms with Gasteiger partial charge in [-0.3, -0.25) is 4.98 Å². The van der Waals surface area contributed by atoms with Crippen LogP contribution in [0.3, 0.4) is 0 Å². The monoisotopic (exact) mass is 616 g/mol. The van der Waals surface area contributed by atoms with Gasteiger partial charge >= 0.3 is 0 Å². The van der Waals surface area contributed by atoms with Crippen LogP contribution in [0.25, 0.3) is 78.4 Å². The van der Waals surface area contributed by atoms with Gasteiger partial charge in [0, 0.05) is 28.3 Å². The molecule has 0 saturated carbocycles. The molecule has 0 radical (unpaired) electrons. The minimum atomic E-state index is 0.628. The summed E-state index contributed by atoms with van der Waals surface area (Å²) in [5.41, 5.74) is 13.0. The molecule has 8 rings (SSSR count). The maximum Gasteiger partial charge on any atom is 0.164 e. The quantitative estimate of drug-likeness (QED) is 0.186. The van der Waals surface area contributed by atoms with Crippen LogP contribution in [0.1, 0.15) is 11.1 Å². The van der Waals surface area contributed by atoms with Crippen LogP contribution in [-0.4, -0.2) is 19.9 Å². The highest BCUT2D eigenvalue weighted by atomic mass is 15.0. The second-order valence-corrected chi connectivity index (χ2v) is 12.2. The number of nitrogens with zero attached hydrogens (tertiary/aromatic N) is 4. The van der Waals surface area contributed by atoms with E-state index in [-0.39, 0.29) is 0 Å². The van der Waals surface area contributed by atoms with E-state index in [1.807, 2.05) is 18.3 Å². The minimum Gasteiger partial charge on any atom is -0.256 e. The molecule has 0 atom stereocenters. The normalized spacial score (nSPS) is 11.1. The topological polar surface area (TPSA) is 51.6 Å². The highest BCUT2D eigenvalue weighted by Gasteiger charge is 2.15. The summed E-state index contributed by atoms with van der Waals surface area (Å²) in [5, 5.41) is 1.12. The van der Waals surface area contributed by atoms with Crippen molar-refractivity contribution in [3.05, 3.63) is 169 Å². The van der Waals surface area contributed by atoms with Crippen LogP contribution in [0.15, 0.2) is 158 Å². The average Bonchev–Trinajstić information content (AvgIpc) is 3.14. The van der Waals surface area contributed by atoms with E-state index in [1.165, 1.54) is 11.1 Å². The molecule has 48 heavy (non-hydrogen) atoms. The number of pyridine rings is 1. The number of hydrogen-bond acceptors (Lipinski definition) is 4. The summed E-state index contributed by atoms with van der Waals surface area (Å²) >= 11 is 0. The predicted molar refractivity (Wildman–Crippen MR) is 197 cm³/mol. The van der Waals surface area contributed by atoms with Gasteiger partial charge in [-0.1, -0.05) is 139 Å². The first-order valence-corrected chi connectivity index (χ1v) is 16.1. The van der Waals surface area contributed by atoms with Gasteiger partial charge in [-0.15, -0.1) is 0 Å². The molecule has 0 bridgehead atoms. The van der Waals surface area contributed by atoms with Gasteiger partial charge in [-0.2, -0.15) is 0 Å². The Labute approximate surface area is 280 Å². The fourth-order valence-electron chi connectivity index (χ4n) is 6.24. The summed E-state index contributed by atoms with van der Waals surface area (Å²) < 4.78 is 0. The first kappa shape index (κ1) is 29.2. The van der Waals surface area contributed by atoms with E-state index in [0.717, 1.165) is 61.0 Å². The van der Waals surface area contributed by atoms with Crippen molar-refractivity contribution in [3.8, 4) is 67.5 Å². The van der Waals surface area contributed by atoms with Crippen LogP contribution in [0.2, 0.25) is 0 Å². The highest BCUT2D eigenvalue weighted by molar-refractivity contribution is 5.94. The van der Waals surface area contributed by atoms with Crippen molar-refractivity contribution < 1.29 is 0 Å². The van der Waals surface area contributed by atoms with Crippen LogP contribution in [0.4, 0.5) is 0 Å². The number of hydrogen-bond donors (Lipinski definition) is 0. The first-order chi connectivity index (χ1) is 23.6. The van der Waals surface area contributed by atoms with Crippen molar-refractivity contribution in [2.45, 2.75) is 13.8 Å². The Balaban J connectivity index is 1.25. The van der Waals surface area contributed by atoms with Gasteiger partial charge < -0.3 is 0 Å². The van der Waals surface area contributed by atoms with Crippen LogP contribution in [0.5, 0.6) is 0 Å². The Hall–Kier alpha value is -6.26. The molecule has 2 heterocycles. The van der Waals surface area contributed by atoms with E-state index in [9.17, 15) is 0 Å². The second-order valence-electron chi connectivity index (χ2n) is 12.2. The van der Waals surface area contributed by atoms with Crippen LogP contribution < -0.4 is 0 Å². The maximum absolute atomic E-state index is 5.07. The lowest BCUT2D eigenvalue weighted by atomic mass is 9.99. The lowest BCUT2D eigenvalue weighted by molar-refractivity contribution is 1.07. The molecule has 4 heteroatoms. The molecular formula is C44H32N4. The number of rotatable bonds is 6. The molecule has 0 aliphatic heterocycles. The molecule has 0 aliphatic rings. The summed E-state index contributed by atoms with van der Waals surface area (Å²) in [4.78, 5) is 19.7. The first-order valence-electron chi connectivity index (χ1n) is 16.1. The summed E-state index contributed by atoms with van der Waals surface area (Å²) in [7, 11) is 0. The molecule has 0 fully saturated rings. The third-order valence-electron chi connectivity index (χ3n) is 8.68. The van der Waals surface area contributed by atoms with E-state index in [1.54, 1.807) is 0 Å². The van der Waals surface area contributed by atoms with Gasteiger partial charge in [0.05, 0.1) is 5.52 Å². The minimum absolute atomic E-state index is 0.628. The van der Waals surface area contributed by atoms with Gasteiger partial charge in [0.2, 0.25) is 0 Å². The molecule has 6 aromatic carbocycles. The molecule has 0 N–H and O–H groups in total. The Morgan fingerprint density at radius 1 is 0.354 bits per heavy atom. The molecule has 228 valence electrons. The largest absolute Gasteiger partial charge is 0.256 e. The molecule has 0 spiro atoms. The van der Waals surface area contributed by atoms with Gasteiger partial charge in [0.25, 0.3) is 0 Å². The van der Waals surface area contributed by atoms with E-state index < -0.39 is 0 Å². The fraction of sp³-hybridized carbons (Fsp3) is 0.0455. The van der Waals surface area contributed by atoms with Gasteiger partial charge in [-0.05, 0) is 71.5 Å². The van der Waals surface area contributed by atoms with E-state index in [4.69, 9.17) is 15.0 Å². The summed E-state index contributed by atoms with van der Waals surface area (Å²) in [6, 6.07) is 52.8. The van der Waals surface area contributed by atoms with Crippen molar-refractivity contribution in [1.82, 2.24) is 19.9 Å². The van der Waals surface area contributed by atoms with Gasteiger partial charge in [-0.25, -0.2) is 15.0 Å². The number of aryl methyl sites for hydroxylation is 2. The molecule has 2 aromatic heterocycles. The second kappa shape index (κ2) is 12.5. The van der Waals surface area contributed by atoms with E-state index >= 15 is 0 Å². The molecule has 0 saturated heterocycles. The smallest absolute Gasteiger partial charge is 0.164 e. The molecular weight excluding hydrogens is 585 g/mol. The lowest BCUT2D eigenvalue weighted by Gasteiger charge is -2.11. The Kier molecular flexibility index (Phi) is 7.60. The number of aromatic nitrogens is 4. The highest BCUT2D eigenvalue weighted by Crippen LogP contribution is 2.32. The van der Waals surface area contributed by atoms with Crippen LogP contribution in [-0.2, 0) is 0 Å². The Morgan fingerprint density at radius 2 is 0.812 bits per heavy atom. The zero-order valence-corrected chi connectivity index (χ0v) is 26.8. The number of fused-ring (bicyclic) bond motifs is 1. The van der Waals surface area contributed by atoms with Gasteiger partial charge in [0.1, 0.15) is 0 Å². The Morgan fingerprint density at radius 3 is 1.38 bits per heavy atom. The molecule has 8 aromatic rings. The summed E-state index contributed by atoms with van der Waals surface area (Å²) in [5.74, 6) is 1.90. The zero-order chi connectivity index (χ0) is 32.5. The Bertz CT molecular complexity index is 2320. The van der Waals surface area contributed by atoms with Crippen molar-refractivity contribution in [2.75, 3.05) is 0 Å². The van der Waals surface area contributed by atoms with Crippen molar-refractivity contribution in [3.63, 3.8) is 0 Å². The van der Waals surface area contributed by atoms with Crippen LogP contribution >= 0.6 is 0 Å². The number of benzene rings is 6. The summed E-state index contributed by atoms with van der Waals surface area (Å²) in [6.45, 7) is 4.23. The predicted octanol–water partition coefficient (Wildman–Crippen LogP) is 11.0. The summed E-state index contributed by atoms with van der Waals surface area (Å²) in [6.07, 6.45) is 1.83. The molecule has 4 nitrogen and oxygen atoms in total. The van der Waals surface area contributed by atoms with E-state index in [2.05, 4.69) is 158 Å². The molecule has 0 aliphatic carbocycles. The van der Waals surface area contributed by atoms with Crippen molar-refractivity contribution in [2.24, 2.45) is 0 Å². The molecule has 0 unspecified atom stereocenters. The average molecular weight is 617 g/mol. The van der Waals surface area contributed by atoms with Crippen LogP contribution in [0, 0.1) is 13.8 Å². The van der Waals surface area contributed by atoms with E-state index in [0.29, 0.717) is 17.5 Å². The molecule has 0 amide bonds.